The van der Waals surface area contributed by atoms with E-state index in [9.17, 15) is 20.2 Å². The molecule has 0 spiro atoms. The molecule has 0 aliphatic rings. The van der Waals surface area contributed by atoms with E-state index in [-0.39, 0.29) is 17.1 Å². The smallest absolute Gasteiger partial charge is 0.299 e. The lowest BCUT2D eigenvalue weighted by molar-refractivity contribution is -0.393. The van der Waals surface area contributed by atoms with Crippen LogP contribution in [0.1, 0.15) is 13.3 Å². The number of rotatable bonds is 8. The van der Waals surface area contributed by atoms with Crippen molar-refractivity contribution in [2.24, 2.45) is 0 Å². The van der Waals surface area contributed by atoms with Gasteiger partial charge in [0, 0.05) is 19.2 Å². The molecule has 2 N–H and O–H groups in total. The minimum atomic E-state index is -0.653. The Kier molecular flexibility index (Phi) is 5.68. The van der Waals surface area contributed by atoms with Crippen LogP contribution in [0.4, 0.5) is 17.1 Å². The standard InChI is InChI=1S/C11H16N4O4/c1-2-5-12-6-7-13-10-4-3-9(14(16)17)8-11(10)15(18)19/h3-4,8,12-13H,2,5-7H2,1H3. The Labute approximate surface area is 110 Å². The first-order valence-electron chi connectivity index (χ1n) is 5.93. The van der Waals surface area contributed by atoms with Crippen LogP contribution in [0.3, 0.4) is 0 Å². The number of non-ortho nitro benzene ring substituents is 1. The Morgan fingerprint density at radius 3 is 2.42 bits per heavy atom. The fraction of sp³-hybridized carbons (Fsp3) is 0.455. The molecule has 0 aliphatic heterocycles. The third-order valence-corrected chi connectivity index (χ3v) is 2.43. The van der Waals surface area contributed by atoms with E-state index in [1.165, 1.54) is 12.1 Å². The highest BCUT2D eigenvalue weighted by Crippen LogP contribution is 2.28. The third-order valence-electron chi connectivity index (χ3n) is 2.43. The molecule has 1 aromatic rings. The first-order valence-corrected chi connectivity index (χ1v) is 5.93. The number of nitro benzene ring substituents is 2. The number of nitro groups is 2. The molecule has 0 radical (unpaired) electrons. The summed E-state index contributed by atoms with van der Waals surface area (Å²) in [6.07, 6.45) is 1.01. The van der Waals surface area contributed by atoms with Gasteiger partial charge in [0.25, 0.3) is 11.4 Å². The molecule has 0 unspecified atom stereocenters. The lowest BCUT2D eigenvalue weighted by Gasteiger charge is -2.07. The first-order chi connectivity index (χ1) is 9.06. The predicted octanol–water partition coefficient (Wildman–Crippen LogP) is 1.91. The van der Waals surface area contributed by atoms with Crippen LogP contribution in [0.25, 0.3) is 0 Å². The third kappa shape index (κ3) is 4.51. The summed E-state index contributed by atoms with van der Waals surface area (Å²) in [5.74, 6) is 0. The molecule has 0 saturated heterocycles. The lowest BCUT2D eigenvalue weighted by atomic mass is 10.2. The quantitative estimate of drug-likeness (QED) is 0.423. The van der Waals surface area contributed by atoms with Crippen molar-refractivity contribution in [2.45, 2.75) is 13.3 Å². The van der Waals surface area contributed by atoms with Gasteiger partial charge < -0.3 is 10.6 Å². The van der Waals surface area contributed by atoms with E-state index in [0.29, 0.717) is 13.1 Å². The van der Waals surface area contributed by atoms with Crippen molar-refractivity contribution < 1.29 is 9.85 Å². The highest BCUT2D eigenvalue weighted by Gasteiger charge is 2.18. The highest BCUT2D eigenvalue weighted by molar-refractivity contribution is 5.65. The van der Waals surface area contributed by atoms with Crippen molar-refractivity contribution in [1.82, 2.24) is 5.32 Å². The monoisotopic (exact) mass is 268 g/mol. The number of hydrogen-bond acceptors (Lipinski definition) is 6. The molecular formula is C11H16N4O4. The van der Waals surface area contributed by atoms with Crippen molar-refractivity contribution >= 4 is 17.1 Å². The number of nitrogens with zero attached hydrogens (tertiary/aromatic N) is 2. The van der Waals surface area contributed by atoms with Crippen LogP contribution < -0.4 is 10.6 Å². The molecule has 8 heteroatoms. The molecular weight excluding hydrogens is 252 g/mol. The van der Waals surface area contributed by atoms with E-state index < -0.39 is 9.85 Å². The van der Waals surface area contributed by atoms with Gasteiger partial charge in [0.05, 0.1) is 15.9 Å². The van der Waals surface area contributed by atoms with Gasteiger partial charge in [-0.3, -0.25) is 20.2 Å². The van der Waals surface area contributed by atoms with Crippen LogP contribution in [0.5, 0.6) is 0 Å². The SMILES string of the molecule is CCCNCCNc1ccc([N+](=O)[O-])cc1[N+](=O)[O-]. The summed E-state index contributed by atoms with van der Waals surface area (Å²) in [7, 11) is 0. The van der Waals surface area contributed by atoms with E-state index >= 15 is 0 Å². The lowest BCUT2D eigenvalue weighted by Crippen LogP contribution is -2.22. The van der Waals surface area contributed by atoms with Crippen LogP contribution >= 0.6 is 0 Å². The molecule has 104 valence electrons. The summed E-state index contributed by atoms with van der Waals surface area (Å²) in [5.41, 5.74) is -0.292. The van der Waals surface area contributed by atoms with Crippen LogP contribution in [-0.4, -0.2) is 29.5 Å². The molecule has 0 amide bonds. The van der Waals surface area contributed by atoms with Gasteiger partial charge in [-0.05, 0) is 19.0 Å². The largest absolute Gasteiger partial charge is 0.378 e. The molecule has 19 heavy (non-hydrogen) atoms. The van der Waals surface area contributed by atoms with Gasteiger partial charge in [-0.2, -0.15) is 0 Å². The Morgan fingerprint density at radius 1 is 1.11 bits per heavy atom. The molecule has 0 heterocycles. The zero-order chi connectivity index (χ0) is 14.3. The molecule has 8 nitrogen and oxygen atoms in total. The molecule has 0 aliphatic carbocycles. The van der Waals surface area contributed by atoms with Gasteiger partial charge in [0.15, 0.2) is 0 Å². The van der Waals surface area contributed by atoms with Gasteiger partial charge in [0.2, 0.25) is 0 Å². The fourth-order valence-electron chi connectivity index (χ4n) is 1.52. The maximum absolute atomic E-state index is 10.9. The summed E-state index contributed by atoms with van der Waals surface area (Å²) in [6.45, 7) is 4.10. The molecule has 1 rings (SSSR count). The second kappa shape index (κ2) is 7.27. The molecule has 0 bridgehead atoms. The van der Waals surface area contributed by atoms with Crippen molar-refractivity contribution in [1.29, 1.82) is 0 Å². The van der Waals surface area contributed by atoms with Crippen LogP contribution in [0, 0.1) is 20.2 Å². The van der Waals surface area contributed by atoms with E-state index in [1.807, 2.05) is 6.92 Å². The zero-order valence-electron chi connectivity index (χ0n) is 10.6. The van der Waals surface area contributed by atoms with Gasteiger partial charge in [0.1, 0.15) is 5.69 Å². The van der Waals surface area contributed by atoms with E-state index in [0.717, 1.165) is 19.0 Å². The van der Waals surface area contributed by atoms with Crippen LogP contribution in [0.2, 0.25) is 0 Å². The topological polar surface area (TPSA) is 110 Å². The van der Waals surface area contributed by atoms with Crippen LogP contribution in [-0.2, 0) is 0 Å². The number of benzene rings is 1. The first kappa shape index (κ1) is 14.8. The molecule has 0 atom stereocenters. The highest BCUT2D eigenvalue weighted by atomic mass is 16.6. The average molecular weight is 268 g/mol. The van der Waals surface area contributed by atoms with Crippen molar-refractivity contribution in [2.75, 3.05) is 25.0 Å². The Balaban J connectivity index is 2.71. The molecule has 0 fully saturated rings. The second-order valence-corrected chi connectivity index (χ2v) is 3.89. The Hall–Kier alpha value is -2.22. The number of nitrogens with one attached hydrogen (secondary N) is 2. The summed E-state index contributed by atoms with van der Waals surface area (Å²) in [5, 5.41) is 27.5. The Bertz CT molecular complexity index is 464. The summed E-state index contributed by atoms with van der Waals surface area (Å²) in [4.78, 5) is 20.1. The molecule has 1 aromatic carbocycles. The predicted molar refractivity (Wildman–Crippen MR) is 71.4 cm³/mol. The zero-order valence-corrected chi connectivity index (χ0v) is 10.6. The summed E-state index contributed by atoms with van der Waals surface area (Å²) in [6, 6.07) is 3.56. The van der Waals surface area contributed by atoms with Crippen molar-refractivity contribution in [3.05, 3.63) is 38.4 Å². The molecule has 0 saturated carbocycles. The van der Waals surface area contributed by atoms with Gasteiger partial charge >= 0.3 is 0 Å². The summed E-state index contributed by atoms with van der Waals surface area (Å²) >= 11 is 0. The minimum absolute atomic E-state index is 0.286. The molecule has 0 aromatic heterocycles. The maximum Gasteiger partial charge on any atom is 0.299 e. The fourth-order valence-corrected chi connectivity index (χ4v) is 1.52. The van der Waals surface area contributed by atoms with E-state index in [1.54, 1.807) is 0 Å². The average Bonchev–Trinajstić information content (AvgIpc) is 2.38. The number of hydrogen-bond donors (Lipinski definition) is 2. The number of anilines is 1. The van der Waals surface area contributed by atoms with Gasteiger partial charge in [-0.1, -0.05) is 6.92 Å². The van der Waals surface area contributed by atoms with Crippen LogP contribution in [0.15, 0.2) is 18.2 Å². The minimum Gasteiger partial charge on any atom is -0.378 e. The van der Waals surface area contributed by atoms with Crippen molar-refractivity contribution in [3.63, 3.8) is 0 Å². The summed E-state index contributed by atoms with van der Waals surface area (Å²) < 4.78 is 0. The maximum atomic E-state index is 10.9. The van der Waals surface area contributed by atoms with Crippen molar-refractivity contribution in [3.8, 4) is 0 Å². The van der Waals surface area contributed by atoms with E-state index in [2.05, 4.69) is 10.6 Å². The van der Waals surface area contributed by atoms with Gasteiger partial charge in [-0.15, -0.1) is 0 Å². The van der Waals surface area contributed by atoms with E-state index in [4.69, 9.17) is 0 Å². The Morgan fingerprint density at radius 2 is 1.84 bits per heavy atom. The van der Waals surface area contributed by atoms with Gasteiger partial charge in [-0.25, -0.2) is 0 Å². The normalized spacial score (nSPS) is 10.2. The second-order valence-electron chi connectivity index (χ2n) is 3.89.